The maximum absolute atomic E-state index is 12.8. The van der Waals surface area contributed by atoms with Gasteiger partial charge in [-0.05, 0) is 43.2 Å². The maximum Gasteiger partial charge on any atom is 0.253 e. The average molecular weight is 375 g/mol. The lowest BCUT2D eigenvalue weighted by Crippen LogP contribution is -2.39. The van der Waals surface area contributed by atoms with E-state index in [4.69, 9.17) is 23.2 Å². The molecule has 1 saturated heterocycles. The summed E-state index contributed by atoms with van der Waals surface area (Å²) in [6.45, 7) is 1.35. The van der Waals surface area contributed by atoms with Crippen molar-refractivity contribution in [1.29, 1.82) is 0 Å². The highest BCUT2D eigenvalue weighted by molar-refractivity contribution is 6.42. The molecule has 0 radical (unpaired) electrons. The van der Waals surface area contributed by atoms with E-state index in [1.54, 1.807) is 18.2 Å². The van der Waals surface area contributed by atoms with E-state index in [0.717, 1.165) is 30.9 Å². The fourth-order valence-corrected chi connectivity index (χ4v) is 3.62. The number of carbonyl (C=O) groups excluding carboxylic acids is 1. The molecule has 1 atom stereocenters. The van der Waals surface area contributed by atoms with Crippen LogP contribution in [-0.4, -0.2) is 38.5 Å². The molecular weight excluding hydrogens is 359 g/mol. The van der Waals surface area contributed by atoms with Gasteiger partial charge in [0, 0.05) is 30.8 Å². The van der Waals surface area contributed by atoms with Crippen molar-refractivity contribution in [3.63, 3.8) is 0 Å². The molecule has 0 bridgehead atoms. The van der Waals surface area contributed by atoms with Gasteiger partial charge >= 0.3 is 0 Å². The Kier molecular flexibility index (Phi) is 4.36. The van der Waals surface area contributed by atoms with Crippen molar-refractivity contribution in [3.8, 4) is 0 Å². The summed E-state index contributed by atoms with van der Waals surface area (Å²) in [7, 11) is 0. The molecule has 128 valence electrons. The van der Waals surface area contributed by atoms with Crippen molar-refractivity contribution in [3.05, 3.63) is 64.0 Å². The Labute approximate surface area is 155 Å². The molecule has 1 aliphatic heterocycles. The lowest BCUT2D eigenvalue weighted by molar-refractivity contribution is 0.0704. The van der Waals surface area contributed by atoms with Crippen LogP contribution in [0.3, 0.4) is 0 Å². The number of hydrogen-bond acceptors (Lipinski definition) is 3. The van der Waals surface area contributed by atoms with Crippen molar-refractivity contribution >= 4 is 34.8 Å². The summed E-state index contributed by atoms with van der Waals surface area (Å²) in [4.78, 5) is 14.7. The number of rotatable bonds is 2. The molecule has 3 aromatic rings. The average Bonchev–Trinajstić information content (AvgIpc) is 3.08. The topological polar surface area (TPSA) is 50.5 Å². The summed E-state index contributed by atoms with van der Waals surface area (Å²) in [5.74, 6) is 1.04. The number of fused-ring (bicyclic) bond motifs is 1. The van der Waals surface area contributed by atoms with Gasteiger partial charge in [-0.25, -0.2) is 0 Å². The van der Waals surface area contributed by atoms with E-state index in [2.05, 4.69) is 10.2 Å². The third-order valence-corrected chi connectivity index (χ3v) is 5.32. The summed E-state index contributed by atoms with van der Waals surface area (Å²) in [5.41, 5.74) is 1.38. The number of aromatic nitrogens is 3. The number of benzene rings is 1. The summed E-state index contributed by atoms with van der Waals surface area (Å²) in [6.07, 6.45) is 3.88. The summed E-state index contributed by atoms with van der Waals surface area (Å²) >= 11 is 12.0. The summed E-state index contributed by atoms with van der Waals surface area (Å²) < 4.78 is 2.00. The van der Waals surface area contributed by atoms with Crippen molar-refractivity contribution in [2.45, 2.75) is 18.8 Å². The Morgan fingerprint density at radius 2 is 2.00 bits per heavy atom. The van der Waals surface area contributed by atoms with Gasteiger partial charge in [0.05, 0.1) is 10.0 Å². The zero-order chi connectivity index (χ0) is 17.4. The monoisotopic (exact) mass is 374 g/mol. The third kappa shape index (κ3) is 3.10. The van der Waals surface area contributed by atoms with Gasteiger partial charge in [0.15, 0.2) is 5.65 Å². The van der Waals surface area contributed by atoms with Gasteiger partial charge in [-0.2, -0.15) is 0 Å². The molecule has 1 aromatic carbocycles. The van der Waals surface area contributed by atoms with Crippen LogP contribution in [0.15, 0.2) is 42.6 Å². The number of carbonyl (C=O) groups is 1. The van der Waals surface area contributed by atoms with Crippen LogP contribution in [-0.2, 0) is 0 Å². The second-order valence-corrected chi connectivity index (χ2v) is 7.02. The van der Waals surface area contributed by atoms with E-state index in [0.29, 0.717) is 22.2 Å². The fraction of sp³-hybridized carbons (Fsp3) is 0.278. The first-order chi connectivity index (χ1) is 12.1. The smallest absolute Gasteiger partial charge is 0.253 e. The number of pyridine rings is 1. The van der Waals surface area contributed by atoms with E-state index in [1.165, 1.54) is 0 Å². The Bertz CT molecular complexity index is 940. The quantitative estimate of drug-likeness (QED) is 0.679. The lowest BCUT2D eigenvalue weighted by atomic mass is 9.96. The zero-order valence-corrected chi connectivity index (χ0v) is 14.9. The molecule has 3 heterocycles. The van der Waals surface area contributed by atoms with Crippen molar-refractivity contribution in [2.24, 2.45) is 0 Å². The minimum absolute atomic E-state index is 0.0305. The van der Waals surface area contributed by atoms with Crippen LogP contribution >= 0.6 is 23.2 Å². The normalized spacial score (nSPS) is 17.8. The molecule has 0 aliphatic carbocycles. The molecule has 4 rings (SSSR count). The highest BCUT2D eigenvalue weighted by Crippen LogP contribution is 2.28. The fourth-order valence-electron chi connectivity index (χ4n) is 3.32. The highest BCUT2D eigenvalue weighted by atomic mass is 35.5. The predicted octanol–water partition coefficient (Wildman–Crippen LogP) is 4.06. The van der Waals surface area contributed by atoms with E-state index in [1.807, 2.05) is 33.7 Å². The molecule has 0 saturated carbocycles. The van der Waals surface area contributed by atoms with Gasteiger partial charge in [-0.15, -0.1) is 10.2 Å². The van der Waals surface area contributed by atoms with E-state index >= 15 is 0 Å². The standard InChI is InChI=1S/C18H16Cl2N4O/c19-14-7-6-12(10-15(14)20)18(25)23-8-3-4-13(11-23)17-22-21-16-5-1-2-9-24(16)17/h1-2,5-7,9-10,13H,3-4,8,11H2. The van der Waals surface area contributed by atoms with Crippen LogP contribution in [0.1, 0.15) is 34.9 Å². The van der Waals surface area contributed by atoms with Gasteiger partial charge in [0.25, 0.3) is 5.91 Å². The molecule has 2 aromatic heterocycles. The second-order valence-electron chi connectivity index (χ2n) is 6.21. The van der Waals surface area contributed by atoms with E-state index in [9.17, 15) is 4.79 Å². The molecule has 1 unspecified atom stereocenters. The lowest BCUT2D eigenvalue weighted by Gasteiger charge is -2.32. The molecule has 0 spiro atoms. The summed E-state index contributed by atoms with van der Waals surface area (Å²) in [5, 5.41) is 9.41. The van der Waals surface area contributed by atoms with Gasteiger partial charge in [-0.3, -0.25) is 9.20 Å². The molecule has 25 heavy (non-hydrogen) atoms. The minimum Gasteiger partial charge on any atom is -0.338 e. The summed E-state index contributed by atoms with van der Waals surface area (Å²) in [6, 6.07) is 10.8. The number of hydrogen-bond donors (Lipinski definition) is 0. The SMILES string of the molecule is O=C(c1ccc(Cl)c(Cl)c1)N1CCCC(c2nnc3ccccn23)C1. The molecule has 1 amide bonds. The molecule has 1 aliphatic rings. The van der Waals surface area contributed by atoms with Crippen LogP contribution in [0.2, 0.25) is 10.0 Å². The highest BCUT2D eigenvalue weighted by Gasteiger charge is 2.28. The van der Waals surface area contributed by atoms with Crippen LogP contribution in [0.4, 0.5) is 0 Å². The Morgan fingerprint density at radius 1 is 1.12 bits per heavy atom. The third-order valence-electron chi connectivity index (χ3n) is 4.58. The molecule has 7 heteroatoms. The van der Waals surface area contributed by atoms with Gasteiger partial charge in [0.1, 0.15) is 5.82 Å². The van der Waals surface area contributed by atoms with Crippen LogP contribution in [0, 0.1) is 0 Å². The first-order valence-corrected chi connectivity index (χ1v) is 8.93. The Balaban J connectivity index is 1.58. The number of halogens is 2. The van der Waals surface area contributed by atoms with E-state index < -0.39 is 0 Å². The first-order valence-electron chi connectivity index (χ1n) is 8.17. The van der Waals surface area contributed by atoms with Crippen molar-refractivity contribution in [2.75, 3.05) is 13.1 Å². The zero-order valence-electron chi connectivity index (χ0n) is 13.4. The van der Waals surface area contributed by atoms with Crippen molar-refractivity contribution in [1.82, 2.24) is 19.5 Å². The second kappa shape index (κ2) is 6.65. The molecular formula is C18H16Cl2N4O. The van der Waals surface area contributed by atoms with Gasteiger partial charge < -0.3 is 4.90 Å². The Morgan fingerprint density at radius 3 is 2.84 bits per heavy atom. The first kappa shape index (κ1) is 16.4. The van der Waals surface area contributed by atoms with Crippen LogP contribution in [0.5, 0.6) is 0 Å². The predicted molar refractivity (Wildman–Crippen MR) is 97.3 cm³/mol. The van der Waals surface area contributed by atoms with Gasteiger partial charge in [-0.1, -0.05) is 29.3 Å². The molecule has 1 fully saturated rings. The number of amides is 1. The maximum atomic E-state index is 12.8. The number of likely N-dealkylation sites (tertiary alicyclic amines) is 1. The minimum atomic E-state index is -0.0305. The van der Waals surface area contributed by atoms with Crippen molar-refractivity contribution < 1.29 is 4.79 Å². The molecule has 0 N–H and O–H groups in total. The van der Waals surface area contributed by atoms with E-state index in [-0.39, 0.29) is 11.8 Å². The number of piperidine rings is 1. The van der Waals surface area contributed by atoms with Crippen LogP contribution in [0.25, 0.3) is 5.65 Å². The largest absolute Gasteiger partial charge is 0.338 e. The van der Waals surface area contributed by atoms with Crippen LogP contribution < -0.4 is 0 Å². The molecule has 5 nitrogen and oxygen atoms in total. The number of nitrogens with zero attached hydrogens (tertiary/aromatic N) is 4. The van der Waals surface area contributed by atoms with Gasteiger partial charge in [0.2, 0.25) is 0 Å². The Hall–Kier alpha value is -2.11.